The van der Waals surface area contributed by atoms with Crippen LogP contribution < -0.4 is 16.2 Å². The Bertz CT molecular complexity index is 559. The van der Waals surface area contributed by atoms with Crippen LogP contribution in [0.25, 0.3) is 12.2 Å². The maximum atomic E-state index is 5.75. The predicted octanol–water partition coefficient (Wildman–Crippen LogP) is 3.03. The second-order valence-electron chi connectivity index (χ2n) is 3.99. The van der Waals surface area contributed by atoms with Gasteiger partial charge in [0.05, 0.1) is 18.5 Å². The zero-order valence-electron chi connectivity index (χ0n) is 10.3. The highest BCUT2D eigenvalue weighted by molar-refractivity contribution is 5.74. The van der Waals surface area contributed by atoms with Crippen molar-refractivity contribution in [3.8, 4) is 5.75 Å². The van der Waals surface area contributed by atoms with Gasteiger partial charge < -0.3 is 16.2 Å². The van der Waals surface area contributed by atoms with Gasteiger partial charge in [-0.05, 0) is 35.4 Å². The van der Waals surface area contributed by atoms with Crippen LogP contribution in [0.2, 0.25) is 0 Å². The minimum atomic E-state index is 0.604. The van der Waals surface area contributed by atoms with Crippen molar-refractivity contribution in [2.75, 3.05) is 18.6 Å². The molecule has 3 nitrogen and oxygen atoms in total. The number of nitrogens with two attached hydrogens (primary N) is 2. The molecule has 4 N–H and O–H groups in total. The number of hydrogen-bond donors (Lipinski definition) is 2. The second kappa shape index (κ2) is 5.27. The monoisotopic (exact) mass is 240 g/mol. The molecule has 0 aliphatic heterocycles. The molecule has 3 heteroatoms. The van der Waals surface area contributed by atoms with E-state index in [9.17, 15) is 0 Å². The smallest absolute Gasteiger partial charge is 0.118 e. The summed E-state index contributed by atoms with van der Waals surface area (Å²) in [6, 6.07) is 13.4. The van der Waals surface area contributed by atoms with Gasteiger partial charge in [0.15, 0.2) is 0 Å². The number of anilines is 2. The van der Waals surface area contributed by atoms with Gasteiger partial charge in [0, 0.05) is 0 Å². The summed E-state index contributed by atoms with van der Waals surface area (Å²) < 4.78 is 5.11. The fourth-order valence-corrected chi connectivity index (χ4v) is 1.60. The fourth-order valence-electron chi connectivity index (χ4n) is 1.60. The van der Waals surface area contributed by atoms with Gasteiger partial charge in [-0.1, -0.05) is 30.4 Å². The molecule has 2 rings (SSSR count). The molecule has 0 saturated carbocycles. The van der Waals surface area contributed by atoms with E-state index in [1.54, 1.807) is 7.11 Å². The minimum absolute atomic E-state index is 0.604. The highest BCUT2D eigenvalue weighted by atomic mass is 16.5. The summed E-state index contributed by atoms with van der Waals surface area (Å²) >= 11 is 0. The molecule has 0 heterocycles. The van der Waals surface area contributed by atoms with E-state index >= 15 is 0 Å². The van der Waals surface area contributed by atoms with Gasteiger partial charge in [-0.2, -0.15) is 0 Å². The topological polar surface area (TPSA) is 61.3 Å². The van der Waals surface area contributed by atoms with E-state index in [0.717, 1.165) is 16.9 Å². The van der Waals surface area contributed by atoms with E-state index in [4.69, 9.17) is 16.2 Å². The fraction of sp³-hybridized carbons (Fsp3) is 0.0667. The van der Waals surface area contributed by atoms with Gasteiger partial charge in [-0.15, -0.1) is 0 Å². The maximum absolute atomic E-state index is 5.75. The van der Waals surface area contributed by atoms with Crippen LogP contribution in [-0.2, 0) is 0 Å². The molecule has 0 bridgehead atoms. The average molecular weight is 240 g/mol. The van der Waals surface area contributed by atoms with Crippen LogP contribution in [0.3, 0.4) is 0 Å². The first-order valence-corrected chi connectivity index (χ1v) is 5.66. The molecule has 0 amide bonds. The van der Waals surface area contributed by atoms with Gasteiger partial charge in [0.1, 0.15) is 5.75 Å². The van der Waals surface area contributed by atoms with Crippen molar-refractivity contribution in [1.29, 1.82) is 0 Å². The molecule has 0 aromatic heterocycles. The number of benzene rings is 2. The summed E-state index contributed by atoms with van der Waals surface area (Å²) in [6.07, 6.45) is 4.02. The third kappa shape index (κ3) is 2.83. The van der Waals surface area contributed by atoms with Crippen molar-refractivity contribution >= 4 is 23.5 Å². The molecule has 0 saturated heterocycles. The van der Waals surface area contributed by atoms with E-state index in [1.165, 1.54) is 0 Å². The normalized spacial score (nSPS) is 10.7. The van der Waals surface area contributed by atoms with Gasteiger partial charge in [-0.3, -0.25) is 0 Å². The SMILES string of the molecule is COc1ccc(C=Cc2ccc(N)c(N)c2)cc1. The maximum Gasteiger partial charge on any atom is 0.118 e. The standard InChI is InChI=1S/C15H16N2O/c1-18-13-7-4-11(5-8-13)2-3-12-6-9-14(16)15(17)10-12/h2-10H,16-17H2,1H3. The third-order valence-corrected chi connectivity index (χ3v) is 2.69. The molecule has 0 aliphatic rings. The Balaban J connectivity index is 2.16. The third-order valence-electron chi connectivity index (χ3n) is 2.69. The van der Waals surface area contributed by atoms with E-state index in [0.29, 0.717) is 11.4 Å². The summed E-state index contributed by atoms with van der Waals surface area (Å²) in [4.78, 5) is 0. The van der Waals surface area contributed by atoms with Crippen molar-refractivity contribution in [3.63, 3.8) is 0 Å². The first kappa shape index (κ1) is 12.0. The second-order valence-corrected chi connectivity index (χ2v) is 3.99. The number of rotatable bonds is 3. The average Bonchev–Trinajstić information content (AvgIpc) is 2.41. The lowest BCUT2D eigenvalue weighted by atomic mass is 10.1. The number of ether oxygens (including phenoxy) is 1. The Labute approximate surface area is 107 Å². The summed E-state index contributed by atoms with van der Waals surface area (Å²) in [5.41, 5.74) is 14.8. The lowest BCUT2D eigenvalue weighted by Crippen LogP contribution is -1.93. The Hall–Kier alpha value is -2.42. The summed E-state index contributed by atoms with van der Waals surface area (Å²) in [6.45, 7) is 0. The molecule has 0 atom stereocenters. The zero-order chi connectivity index (χ0) is 13.0. The van der Waals surface area contributed by atoms with Crippen molar-refractivity contribution in [3.05, 3.63) is 53.6 Å². The lowest BCUT2D eigenvalue weighted by molar-refractivity contribution is 0.415. The van der Waals surface area contributed by atoms with Gasteiger partial charge >= 0.3 is 0 Å². The number of hydrogen-bond acceptors (Lipinski definition) is 3. The molecular formula is C15H16N2O. The quantitative estimate of drug-likeness (QED) is 0.640. The van der Waals surface area contributed by atoms with Crippen molar-refractivity contribution in [2.45, 2.75) is 0 Å². The van der Waals surface area contributed by atoms with Crippen LogP contribution >= 0.6 is 0 Å². The van der Waals surface area contributed by atoms with Crippen molar-refractivity contribution < 1.29 is 4.74 Å². The van der Waals surface area contributed by atoms with E-state index in [-0.39, 0.29) is 0 Å². The number of nitrogen functional groups attached to an aromatic ring is 2. The first-order chi connectivity index (χ1) is 8.69. The van der Waals surface area contributed by atoms with Crippen LogP contribution in [0.4, 0.5) is 11.4 Å². The van der Waals surface area contributed by atoms with E-state index < -0.39 is 0 Å². The number of methoxy groups -OCH3 is 1. The molecule has 92 valence electrons. The highest BCUT2D eigenvalue weighted by Crippen LogP contribution is 2.18. The van der Waals surface area contributed by atoms with E-state index in [2.05, 4.69) is 0 Å². The lowest BCUT2D eigenvalue weighted by Gasteiger charge is -2.01. The van der Waals surface area contributed by atoms with E-state index in [1.807, 2.05) is 54.6 Å². The summed E-state index contributed by atoms with van der Waals surface area (Å²) in [5.74, 6) is 0.851. The summed E-state index contributed by atoms with van der Waals surface area (Å²) in [7, 11) is 1.65. The van der Waals surface area contributed by atoms with Crippen LogP contribution in [0, 0.1) is 0 Å². The van der Waals surface area contributed by atoms with Crippen LogP contribution in [0.1, 0.15) is 11.1 Å². The largest absolute Gasteiger partial charge is 0.497 e. The molecule has 0 radical (unpaired) electrons. The van der Waals surface area contributed by atoms with Gasteiger partial charge in [-0.25, -0.2) is 0 Å². The predicted molar refractivity (Wildman–Crippen MR) is 77.2 cm³/mol. The molecule has 0 spiro atoms. The Morgan fingerprint density at radius 1 is 0.833 bits per heavy atom. The van der Waals surface area contributed by atoms with Gasteiger partial charge in [0.2, 0.25) is 0 Å². The van der Waals surface area contributed by atoms with Gasteiger partial charge in [0.25, 0.3) is 0 Å². The Morgan fingerprint density at radius 2 is 1.44 bits per heavy atom. The molecule has 2 aromatic rings. The molecule has 0 fully saturated rings. The summed E-state index contributed by atoms with van der Waals surface area (Å²) in [5, 5.41) is 0. The molecular weight excluding hydrogens is 224 g/mol. The molecule has 2 aromatic carbocycles. The van der Waals surface area contributed by atoms with Crippen LogP contribution in [0.15, 0.2) is 42.5 Å². The van der Waals surface area contributed by atoms with Crippen molar-refractivity contribution in [2.24, 2.45) is 0 Å². The highest BCUT2D eigenvalue weighted by Gasteiger charge is 1.94. The Morgan fingerprint density at radius 3 is 2.06 bits per heavy atom. The first-order valence-electron chi connectivity index (χ1n) is 5.66. The minimum Gasteiger partial charge on any atom is -0.497 e. The molecule has 0 aliphatic carbocycles. The Kier molecular flexibility index (Phi) is 3.53. The zero-order valence-corrected chi connectivity index (χ0v) is 10.3. The van der Waals surface area contributed by atoms with Crippen LogP contribution in [0.5, 0.6) is 5.75 Å². The van der Waals surface area contributed by atoms with Crippen LogP contribution in [-0.4, -0.2) is 7.11 Å². The molecule has 18 heavy (non-hydrogen) atoms. The van der Waals surface area contributed by atoms with Crippen molar-refractivity contribution in [1.82, 2.24) is 0 Å². The molecule has 0 unspecified atom stereocenters.